The van der Waals surface area contributed by atoms with Crippen LogP contribution in [0.1, 0.15) is 17.6 Å². The van der Waals surface area contributed by atoms with Crippen molar-refractivity contribution in [1.82, 2.24) is 4.98 Å². The molecule has 1 aromatic carbocycles. The molecule has 5 heteroatoms. The van der Waals surface area contributed by atoms with Crippen LogP contribution in [0, 0.1) is 6.92 Å². The first-order valence-electron chi connectivity index (χ1n) is 5.76. The molecule has 0 aliphatic rings. The highest BCUT2D eigenvalue weighted by Gasteiger charge is 2.05. The van der Waals surface area contributed by atoms with E-state index in [9.17, 15) is 0 Å². The monoisotopic (exact) mass is 282 g/mol. The molecule has 18 heavy (non-hydrogen) atoms. The first kappa shape index (κ1) is 13.2. The van der Waals surface area contributed by atoms with Crippen molar-refractivity contribution in [3.63, 3.8) is 0 Å². The third-order valence-electron chi connectivity index (χ3n) is 2.34. The van der Waals surface area contributed by atoms with E-state index in [1.807, 2.05) is 37.4 Å². The summed E-state index contributed by atoms with van der Waals surface area (Å²) in [6.45, 7) is 5.26. The van der Waals surface area contributed by atoms with Crippen LogP contribution in [0.15, 0.2) is 23.6 Å². The van der Waals surface area contributed by atoms with Gasteiger partial charge in [-0.05, 0) is 32.0 Å². The Kier molecular flexibility index (Phi) is 4.44. The first-order chi connectivity index (χ1) is 8.69. The van der Waals surface area contributed by atoms with Gasteiger partial charge in [-0.1, -0.05) is 11.6 Å². The first-order valence-corrected chi connectivity index (χ1v) is 7.02. The zero-order chi connectivity index (χ0) is 13.0. The standard InChI is InChI=1S/C13H15ClN2OS/c1-3-17-12-5-4-10(14)6-11(12)15-7-13-16-9(2)8-18-13/h4-6,8,15H,3,7H2,1-2H3. The Bertz CT molecular complexity index is 527. The number of hydrogen-bond acceptors (Lipinski definition) is 4. The summed E-state index contributed by atoms with van der Waals surface area (Å²) < 4.78 is 5.55. The highest BCUT2D eigenvalue weighted by molar-refractivity contribution is 7.09. The maximum Gasteiger partial charge on any atom is 0.142 e. The van der Waals surface area contributed by atoms with Crippen molar-refractivity contribution >= 4 is 28.6 Å². The van der Waals surface area contributed by atoms with E-state index in [4.69, 9.17) is 16.3 Å². The van der Waals surface area contributed by atoms with Gasteiger partial charge in [0, 0.05) is 16.1 Å². The predicted molar refractivity (Wildman–Crippen MR) is 76.8 cm³/mol. The number of ether oxygens (including phenoxy) is 1. The highest BCUT2D eigenvalue weighted by atomic mass is 35.5. The van der Waals surface area contributed by atoms with Crippen molar-refractivity contribution in [2.24, 2.45) is 0 Å². The summed E-state index contributed by atoms with van der Waals surface area (Å²) in [7, 11) is 0. The van der Waals surface area contributed by atoms with Crippen LogP contribution >= 0.6 is 22.9 Å². The number of halogens is 1. The van der Waals surface area contributed by atoms with Gasteiger partial charge in [-0.3, -0.25) is 0 Å². The van der Waals surface area contributed by atoms with E-state index >= 15 is 0 Å². The third-order valence-corrected chi connectivity index (χ3v) is 3.54. The molecule has 0 aliphatic carbocycles. The number of thiazole rings is 1. The minimum Gasteiger partial charge on any atom is -0.492 e. The topological polar surface area (TPSA) is 34.1 Å². The van der Waals surface area contributed by atoms with E-state index in [0.29, 0.717) is 18.2 Å². The summed E-state index contributed by atoms with van der Waals surface area (Å²) in [5.74, 6) is 0.815. The lowest BCUT2D eigenvalue weighted by atomic mass is 10.3. The second-order valence-corrected chi connectivity index (χ2v) is 5.19. The summed E-state index contributed by atoms with van der Waals surface area (Å²) in [6, 6.07) is 5.57. The van der Waals surface area contributed by atoms with Crippen LogP contribution in [0.2, 0.25) is 5.02 Å². The summed E-state index contributed by atoms with van der Waals surface area (Å²) >= 11 is 7.64. The van der Waals surface area contributed by atoms with Crippen molar-refractivity contribution in [3.05, 3.63) is 39.3 Å². The van der Waals surface area contributed by atoms with Gasteiger partial charge < -0.3 is 10.1 Å². The summed E-state index contributed by atoms with van der Waals surface area (Å²) in [6.07, 6.45) is 0. The van der Waals surface area contributed by atoms with E-state index in [1.165, 1.54) is 0 Å². The van der Waals surface area contributed by atoms with Gasteiger partial charge in [0.25, 0.3) is 0 Å². The molecular weight excluding hydrogens is 268 g/mol. The van der Waals surface area contributed by atoms with Crippen molar-refractivity contribution in [1.29, 1.82) is 0 Å². The second kappa shape index (κ2) is 6.07. The molecule has 0 radical (unpaired) electrons. The molecule has 0 bridgehead atoms. The molecule has 2 aromatic rings. The lowest BCUT2D eigenvalue weighted by molar-refractivity contribution is 0.341. The van der Waals surface area contributed by atoms with E-state index in [-0.39, 0.29) is 0 Å². The Morgan fingerprint density at radius 3 is 2.94 bits per heavy atom. The molecule has 0 atom stereocenters. The minimum atomic E-state index is 0.632. The molecule has 0 aliphatic heterocycles. The van der Waals surface area contributed by atoms with Gasteiger partial charge in [-0.2, -0.15) is 0 Å². The van der Waals surface area contributed by atoms with Crippen LogP contribution in [0.3, 0.4) is 0 Å². The van der Waals surface area contributed by atoms with Gasteiger partial charge in [0.05, 0.1) is 18.8 Å². The molecule has 0 saturated heterocycles. The van der Waals surface area contributed by atoms with E-state index in [1.54, 1.807) is 11.3 Å². The summed E-state index contributed by atoms with van der Waals surface area (Å²) in [4.78, 5) is 4.41. The number of benzene rings is 1. The normalized spacial score (nSPS) is 10.4. The lowest BCUT2D eigenvalue weighted by Crippen LogP contribution is -2.02. The van der Waals surface area contributed by atoms with E-state index < -0.39 is 0 Å². The van der Waals surface area contributed by atoms with Crippen LogP contribution in [0.25, 0.3) is 0 Å². The molecule has 0 spiro atoms. The fraction of sp³-hybridized carbons (Fsp3) is 0.308. The Labute approximate surface area is 116 Å². The van der Waals surface area contributed by atoms with Gasteiger partial charge >= 0.3 is 0 Å². The van der Waals surface area contributed by atoms with Crippen LogP contribution < -0.4 is 10.1 Å². The predicted octanol–water partition coefficient (Wildman–Crippen LogP) is 4.12. The molecule has 0 unspecified atom stereocenters. The average Bonchev–Trinajstić information content (AvgIpc) is 2.76. The van der Waals surface area contributed by atoms with Gasteiger partial charge in [-0.15, -0.1) is 11.3 Å². The van der Waals surface area contributed by atoms with Crippen molar-refractivity contribution in [2.45, 2.75) is 20.4 Å². The number of nitrogens with one attached hydrogen (secondary N) is 1. The number of anilines is 1. The molecular formula is C13H15ClN2OS. The van der Waals surface area contributed by atoms with Crippen LogP contribution in [0.4, 0.5) is 5.69 Å². The highest BCUT2D eigenvalue weighted by Crippen LogP contribution is 2.28. The average molecular weight is 283 g/mol. The Balaban J connectivity index is 2.09. The lowest BCUT2D eigenvalue weighted by Gasteiger charge is -2.11. The molecule has 1 aromatic heterocycles. The Morgan fingerprint density at radius 2 is 2.28 bits per heavy atom. The molecule has 2 rings (SSSR count). The fourth-order valence-corrected chi connectivity index (χ4v) is 2.46. The molecule has 0 amide bonds. The van der Waals surface area contributed by atoms with E-state index in [2.05, 4.69) is 10.3 Å². The van der Waals surface area contributed by atoms with Crippen LogP contribution in [0.5, 0.6) is 5.75 Å². The fourth-order valence-electron chi connectivity index (χ4n) is 1.58. The van der Waals surface area contributed by atoms with Gasteiger partial charge in [0.15, 0.2) is 0 Å². The zero-order valence-corrected chi connectivity index (χ0v) is 11.9. The molecule has 0 fully saturated rings. The maximum atomic E-state index is 5.99. The smallest absolute Gasteiger partial charge is 0.142 e. The number of aryl methyl sites for hydroxylation is 1. The second-order valence-electron chi connectivity index (χ2n) is 3.81. The van der Waals surface area contributed by atoms with Crippen LogP contribution in [-0.2, 0) is 6.54 Å². The number of nitrogens with zero attached hydrogens (tertiary/aromatic N) is 1. The van der Waals surface area contributed by atoms with Gasteiger partial charge in [-0.25, -0.2) is 4.98 Å². The maximum absolute atomic E-state index is 5.99. The number of rotatable bonds is 5. The van der Waals surface area contributed by atoms with Crippen LogP contribution in [-0.4, -0.2) is 11.6 Å². The van der Waals surface area contributed by atoms with Gasteiger partial charge in [0.2, 0.25) is 0 Å². The molecule has 1 heterocycles. The zero-order valence-electron chi connectivity index (χ0n) is 10.4. The molecule has 1 N–H and O–H groups in total. The molecule has 96 valence electrons. The van der Waals surface area contributed by atoms with E-state index in [0.717, 1.165) is 22.1 Å². The largest absolute Gasteiger partial charge is 0.492 e. The SMILES string of the molecule is CCOc1ccc(Cl)cc1NCc1nc(C)cs1. The number of hydrogen-bond donors (Lipinski definition) is 1. The molecule has 0 saturated carbocycles. The van der Waals surface area contributed by atoms with Crippen molar-refractivity contribution in [3.8, 4) is 5.75 Å². The van der Waals surface area contributed by atoms with Gasteiger partial charge in [0.1, 0.15) is 10.8 Å². The van der Waals surface area contributed by atoms with Crippen molar-refractivity contribution in [2.75, 3.05) is 11.9 Å². The Hall–Kier alpha value is -1.26. The summed E-state index contributed by atoms with van der Waals surface area (Å²) in [5, 5.41) is 7.09. The van der Waals surface area contributed by atoms with Crippen molar-refractivity contribution < 1.29 is 4.74 Å². The third kappa shape index (κ3) is 3.37. The summed E-state index contributed by atoms with van der Waals surface area (Å²) in [5.41, 5.74) is 1.95. The molecule has 3 nitrogen and oxygen atoms in total. The Morgan fingerprint density at radius 1 is 1.44 bits per heavy atom. The quantitative estimate of drug-likeness (QED) is 0.896. The number of aromatic nitrogens is 1. The minimum absolute atomic E-state index is 0.632.